The third-order valence-electron chi connectivity index (χ3n) is 11.9. The number of H-pyrrole nitrogens is 2. The minimum absolute atomic E-state index is 0.0628. The number of pyridine rings is 3. The Bertz CT molecular complexity index is 2320. The zero-order chi connectivity index (χ0) is 35.2. The second kappa shape index (κ2) is 11.8. The number of amides is 2. The molecule has 2 fully saturated rings. The molecule has 2 amide bonds. The van der Waals surface area contributed by atoms with Gasteiger partial charge < -0.3 is 30.1 Å². The van der Waals surface area contributed by atoms with Crippen LogP contribution in [0, 0.1) is 0 Å². The molecule has 0 bridgehead atoms. The van der Waals surface area contributed by atoms with Gasteiger partial charge in [0.05, 0.1) is 41.0 Å². The van der Waals surface area contributed by atoms with Crippen molar-refractivity contribution >= 4 is 23.4 Å². The first-order valence-corrected chi connectivity index (χ1v) is 18.5. The second-order valence-electron chi connectivity index (χ2n) is 15.0. The van der Waals surface area contributed by atoms with Gasteiger partial charge in [-0.05, 0) is 91.8 Å². The number of rotatable bonds is 5. The van der Waals surface area contributed by atoms with Crippen LogP contribution in [0.5, 0.6) is 5.75 Å². The maximum Gasteiger partial charge on any atom is 0.253 e. The molecule has 5 aromatic rings. The SMILES string of the molecule is COCCOc1cncc(-c2cc3c(cn2)CCc2c-3[nH]c3c2C(=O)NCC32CC2)c1.O=C1NCC2(CC2)c2[nH]c3c(c21)CCc1cnc(Cl)cc1-3. The van der Waals surface area contributed by atoms with E-state index in [1.54, 1.807) is 19.5 Å². The monoisotopic (exact) mass is 715 g/mol. The zero-order valence-electron chi connectivity index (χ0n) is 28.9. The highest BCUT2D eigenvalue weighted by Crippen LogP contribution is 2.54. The largest absolute Gasteiger partial charge is 0.490 e. The molecule has 4 N–H and O–H groups in total. The van der Waals surface area contributed by atoms with Crippen LogP contribution in [-0.4, -0.2) is 70.1 Å². The number of aryl methyl sites for hydroxylation is 2. The van der Waals surface area contributed by atoms with Crippen LogP contribution < -0.4 is 15.4 Å². The van der Waals surface area contributed by atoms with E-state index in [-0.39, 0.29) is 22.6 Å². The fourth-order valence-electron chi connectivity index (χ4n) is 8.71. The number of carbonyl (C=O) groups excluding carboxylic acids is 2. The molecule has 0 unspecified atom stereocenters. The Kier molecular flexibility index (Phi) is 7.17. The minimum Gasteiger partial charge on any atom is -0.490 e. The molecule has 7 heterocycles. The molecule has 2 saturated carbocycles. The van der Waals surface area contributed by atoms with Gasteiger partial charge in [-0.15, -0.1) is 0 Å². The molecule has 6 aliphatic rings. The van der Waals surface area contributed by atoms with Gasteiger partial charge in [0, 0.05) is 77.7 Å². The lowest BCUT2D eigenvalue weighted by atomic mass is 9.86. The fourth-order valence-corrected chi connectivity index (χ4v) is 8.86. The van der Waals surface area contributed by atoms with Crippen molar-refractivity contribution in [3.8, 4) is 39.5 Å². The van der Waals surface area contributed by atoms with Crippen LogP contribution in [0.15, 0.2) is 43.0 Å². The Labute approximate surface area is 305 Å². The molecule has 52 heavy (non-hydrogen) atoms. The van der Waals surface area contributed by atoms with E-state index < -0.39 is 0 Å². The van der Waals surface area contributed by atoms with Crippen LogP contribution >= 0.6 is 11.6 Å². The maximum atomic E-state index is 12.7. The van der Waals surface area contributed by atoms with Gasteiger partial charge in [0.15, 0.2) is 0 Å². The first-order valence-electron chi connectivity index (χ1n) is 18.1. The molecule has 0 radical (unpaired) electrons. The van der Waals surface area contributed by atoms with Crippen LogP contribution in [0.25, 0.3) is 33.8 Å². The number of carbonyl (C=O) groups is 2. The van der Waals surface area contributed by atoms with E-state index in [1.165, 1.54) is 11.1 Å². The number of halogens is 1. The highest BCUT2D eigenvalue weighted by molar-refractivity contribution is 6.29. The van der Waals surface area contributed by atoms with Crippen LogP contribution in [0.4, 0.5) is 0 Å². The van der Waals surface area contributed by atoms with E-state index in [1.807, 2.05) is 24.5 Å². The van der Waals surface area contributed by atoms with Gasteiger partial charge in [0.2, 0.25) is 0 Å². The van der Waals surface area contributed by atoms with Gasteiger partial charge in [0.25, 0.3) is 11.8 Å². The van der Waals surface area contributed by atoms with Crippen molar-refractivity contribution in [1.82, 2.24) is 35.6 Å². The van der Waals surface area contributed by atoms with Gasteiger partial charge in [-0.25, -0.2) is 4.98 Å². The Morgan fingerprint density at radius 2 is 1.33 bits per heavy atom. The predicted octanol–water partition coefficient (Wildman–Crippen LogP) is 5.64. The number of fused-ring (bicyclic) bond motifs is 12. The topological polar surface area (TPSA) is 147 Å². The lowest BCUT2D eigenvalue weighted by Crippen LogP contribution is -2.39. The third-order valence-corrected chi connectivity index (χ3v) is 12.1. The maximum absolute atomic E-state index is 12.7. The van der Waals surface area contributed by atoms with Crippen molar-refractivity contribution in [2.75, 3.05) is 33.4 Å². The van der Waals surface area contributed by atoms with E-state index >= 15 is 0 Å². The molecule has 12 heteroatoms. The molecular weight excluding hydrogens is 678 g/mol. The van der Waals surface area contributed by atoms with Crippen LogP contribution in [-0.2, 0) is 41.3 Å². The van der Waals surface area contributed by atoms with E-state index in [0.29, 0.717) is 24.1 Å². The standard InChI is InChI=1S/C24H24N4O3.C16H14ClN3O/c1-30-6-7-31-16-8-15(10-25-12-16)19-9-18-14(11-26-19)2-3-17-20-22(28-21(17)18)24(4-5-24)13-27-23(20)29;17-11-5-10-8(6-18-11)1-2-9-12-14(20-13(9)10)16(3-4-16)7-19-15(12)21/h8-12,28H,2-7,13H2,1H3,(H,27,29);5-6,20H,1-4,7H2,(H,19,21). The Hall–Kier alpha value is -5.00. The molecule has 5 aromatic heterocycles. The number of aromatic amines is 2. The third kappa shape index (κ3) is 5.00. The van der Waals surface area contributed by atoms with Crippen molar-refractivity contribution in [2.45, 2.75) is 62.2 Å². The first-order chi connectivity index (χ1) is 25.4. The molecule has 0 aromatic carbocycles. The van der Waals surface area contributed by atoms with Crippen LogP contribution in [0.3, 0.4) is 0 Å². The number of hydrogen-bond acceptors (Lipinski definition) is 7. The smallest absolute Gasteiger partial charge is 0.253 e. The van der Waals surface area contributed by atoms with Crippen molar-refractivity contribution in [1.29, 1.82) is 0 Å². The summed E-state index contributed by atoms with van der Waals surface area (Å²) < 4.78 is 10.8. The summed E-state index contributed by atoms with van der Waals surface area (Å²) in [5.41, 5.74) is 15.2. The summed E-state index contributed by atoms with van der Waals surface area (Å²) in [6.07, 6.45) is 15.4. The van der Waals surface area contributed by atoms with Crippen molar-refractivity contribution in [2.24, 2.45) is 0 Å². The molecule has 11 rings (SSSR count). The van der Waals surface area contributed by atoms with Crippen LogP contribution in [0.2, 0.25) is 5.15 Å². The van der Waals surface area contributed by atoms with Gasteiger partial charge >= 0.3 is 0 Å². The highest BCUT2D eigenvalue weighted by atomic mass is 35.5. The summed E-state index contributed by atoms with van der Waals surface area (Å²) in [4.78, 5) is 45.5. The molecule has 2 aliphatic heterocycles. The lowest BCUT2D eigenvalue weighted by molar-refractivity contribution is 0.0928. The Morgan fingerprint density at radius 3 is 1.92 bits per heavy atom. The predicted molar refractivity (Wildman–Crippen MR) is 195 cm³/mol. The number of methoxy groups -OCH3 is 1. The second-order valence-corrected chi connectivity index (χ2v) is 15.4. The first kappa shape index (κ1) is 31.7. The molecular formula is C40H38ClN7O4. The number of nitrogens with one attached hydrogen (secondary N) is 4. The quantitative estimate of drug-likeness (QED) is 0.136. The van der Waals surface area contributed by atoms with E-state index in [9.17, 15) is 9.59 Å². The van der Waals surface area contributed by atoms with Crippen molar-refractivity contribution < 1.29 is 19.1 Å². The normalized spacial score (nSPS) is 18.7. The van der Waals surface area contributed by atoms with E-state index in [0.717, 1.165) is 132 Å². The summed E-state index contributed by atoms with van der Waals surface area (Å²) in [6.45, 7) is 2.51. The summed E-state index contributed by atoms with van der Waals surface area (Å²) >= 11 is 6.06. The molecule has 11 nitrogen and oxygen atoms in total. The molecule has 2 spiro atoms. The summed E-state index contributed by atoms with van der Waals surface area (Å²) in [5, 5.41) is 6.68. The average Bonchev–Trinajstić information content (AvgIpc) is 4.04. The van der Waals surface area contributed by atoms with Gasteiger partial charge in [-0.2, -0.15) is 0 Å². The zero-order valence-corrected chi connectivity index (χ0v) is 29.6. The lowest BCUT2D eigenvalue weighted by Gasteiger charge is -2.23. The van der Waals surface area contributed by atoms with E-state index in [2.05, 4.69) is 36.6 Å². The number of hydrogen-bond donors (Lipinski definition) is 4. The van der Waals surface area contributed by atoms with Crippen molar-refractivity contribution in [3.63, 3.8) is 0 Å². The van der Waals surface area contributed by atoms with E-state index in [4.69, 9.17) is 26.1 Å². The molecule has 264 valence electrons. The Morgan fingerprint density at radius 1 is 0.731 bits per heavy atom. The van der Waals surface area contributed by atoms with Gasteiger partial charge in [-0.1, -0.05) is 11.6 Å². The summed E-state index contributed by atoms with van der Waals surface area (Å²) in [5.74, 6) is 0.828. The van der Waals surface area contributed by atoms with Gasteiger partial charge in [-0.3, -0.25) is 19.6 Å². The van der Waals surface area contributed by atoms with Crippen molar-refractivity contribution in [3.05, 3.63) is 92.9 Å². The number of nitrogens with zero attached hydrogens (tertiary/aromatic N) is 3. The van der Waals surface area contributed by atoms with Gasteiger partial charge in [0.1, 0.15) is 17.5 Å². The molecule has 0 saturated heterocycles. The summed E-state index contributed by atoms with van der Waals surface area (Å²) in [7, 11) is 1.65. The average molecular weight is 716 g/mol. The number of aromatic nitrogens is 5. The highest BCUT2D eigenvalue weighted by Gasteiger charge is 2.53. The number of ether oxygens (including phenoxy) is 2. The fraction of sp³-hybridized carbons (Fsp3) is 0.375. The van der Waals surface area contributed by atoms with Crippen LogP contribution in [0.1, 0.15) is 80.0 Å². The Balaban J connectivity index is 0.000000140. The minimum atomic E-state index is 0.0628. The summed E-state index contributed by atoms with van der Waals surface area (Å²) in [6, 6.07) is 5.98. The molecule has 4 aliphatic carbocycles. The molecule has 0 atom stereocenters.